The number of ketones is 1. The monoisotopic (exact) mass is 658 g/mol. The molecule has 2 aliphatic carbocycles. The first-order chi connectivity index (χ1) is 21.9. The number of piperidine rings is 1. The summed E-state index contributed by atoms with van der Waals surface area (Å²) in [6, 6.07) is 10.7. The van der Waals surface area contributed by atoms with E-state index in [-0.39, 0.29) is 59.1 Å². The molecule has 3 aromatic rings. The van der Waals surface area contributed by atoms with Crippen molar-refractivity contribution in [2.75, 3.05) is 24.6 Å². The normalized spacial score (nSPS) is 23.0. The van der Waals surface area contributed by atoms with Gasteiger partial charge in [-0.15, -0.1) is 13.2 Å². The number of alkyl halides is 3. The largest absolute Gasteiger partial charge is 0.573 e. The number of hydrogen-bond donors (Lipinski definition) is 3. The molecule has 0 spiro atoms. The smallest absolute Gasteiger partial charge is 0.480 e. The second-order valence-electron chi connectivity index (χ2n) is 11.8. The molecule has 4 N–H and O–H groups in total. The minimum absolute atomic E-state index is 0.00314. The van der Waals surface area contributed by atoms with Crippen LogP contribution in [0.15, 0.2) is 48.0 Å². The van der Waals surface area contributed by atoms with Crippen molar-refractivity contribution in [3.8, 4) is 5.75 Å². The minimum Gasteiger partial charge on any atom is -0.480 e. The van der Waals surface area contributed by atoms with Gasteiger partial charge in [0.05, 0.1) is 28.6 Å². The molecule has 1 saturated heterocycles. The number of aliphatic carboxylic acids is 1. The van der Waals surface area contributed by atoms with Crippen LogP contribution >= 0.6 is 11.3 Å². The number of nitrogens with two attached hydrogens (primary N) is 1. The summed E-state index contributed by atoms with van der Waals surface area (Å²) in [5, 5.41) is 12.0. The first kappa shape index (κ1) is 31.8. The number of rotatable bonds is 12. The summed E-state index contributed by atoms with van der Waals surface area (Å²) >= 11 is 1.46. The van der Waals surface area contributed by atoms with Crippen molar-refractivity contribution in [3.05, 3.63) is 59.2 Å². The molecular weight excluding hydrogens is 625 g/mol. The lowest BCUT2D eigenvalue weighted by molar-refractivity contribution is -0.274. The number of carbonyl (C=O) groups excluding carboxylic acids is 2. The molecule has 46 heavy (non-hydrogen) atoms. The van der Waals surface area contributed by atoms with Crippen LogP contribution in [0.25, 0.3) is 15.9 Å². The number of anilines is 1. The molecular formula is C32H33F3N4O6S. The zero-order valence-corrected chi connectivity index (χ0v) is 25.7. The van der Waals surface area contributed by atoms with Crippen LogP contribution in [0.2, 0.25) is 0 Å². The topological polar surface area (TPSA) is 144 Å². The molecule has 244 valence electrons. The molecule has 2 aromatic carbocycles. The summed E-state index contributed by atoms with van der Waals surface area (Å²) in [6.07, 6.45) is -2.01. The highest BCUT2D eigenvalue weighted by molar-refractivity contribution is 7.22. The van der Waals surface area contributed by atoms with Gasteiger partial charge < -0.3 is 30.5 Å². The number of halogens is 3. The predicted molar refractivity (Wildman–Crippen MR) is 164 cm³/mol. The number of ether oxygens (including phenoxy) is 2. The molecule has 3 fully saturated rings. The summed E-state index contributed by atoms with van der Waals surface area (Å²) < 4.78 is 50.6. The highest BCUT2D eigenvalue weighted by Gasteiger charge is 2.59. The maximum absolute atomic E-state index is 13.3. The number of nitrogens with zero attached hydrogens (tertiary/aromatic N) is 2. The maximum atomic E-state index is 13.3. The molecule has 3 unspecified atom stereocenters. The van der Waals surface area contributed by atoms with E-state index >= 15 is 0 Å². The van der Waals surface area contributed by atoms with E-state index in [1.54, 1.807) is 24.3 Å². The first-order valence-electron chi connectivity index (χ1n) is 15.1. The number of amides is 1. The molecule has 0 radical (unpaired) electrons. The molecule has 1 aromatic heterocycles. The van der Waals surface area contributed by atoms with Gasteiger partial charge in [-0.1, -0.05) is 30.4 Å². The molecule has 14 heteroatoms. The van der Waals surface area contributed by atoms with Crippen LogP contribution < -0.4 is 20.7 Å². The van der Waals surface area contributed by atoms with Crippen molar-refractivity contribution < 1.29 is 42.1 Å². The highest BCUT2D eigenvalue weighted by Crippen LogP contribution is 2.53. The standard InChI is InChI=1S/C32H33F3N4O6S/c1-2-22-26-19(11-12-39(22)31-38-21-10-9-17(13-24(21)46-31)30(43)37-14-25(40)41)29(26)44-15-20(28(42)16-7-8-16)27(36)18-5-3-4-6-23(18)45-32(33,34)35/h3-6,9-10,13,16,19,22,26,29H,2,7-8,11-12,14-15,36H2,1H3,(H,37,43)(H,40,41)/t19?,22?,26?,29-/m0/s1. The van der Waals surface area contributed by atoms with Crippen molar-refractivity contribution in [2.45, 2.75) is 51.1 Å². The maximum Gasteiger partial charge on any atom is 0.573 e. The summed E-state index contributed by atoms with van der Waals surface area (Å²) in [5.41, 5.74) is 7.57. The lowest BCUT2D eigenvalue weighted by atomic mass is 10.0. The van der Waals surface area contributed by atoms with E-state index in [1.165, 1.54) is 29.5 Å². The Balaban J connectivity index is 1.18. The Morgan fingerprint density at radius 3 is 2.61 bits per heavy atom. The number of benzene rings is 2. The molecule has 2 heterocycles. The van der Waals surface area contributed by atoms with Crippen molar-refractivity contribution in [1.29, 1.82) is 0 Å². The number of nitrogens with one attached hydrogen (secondary N) is 1. The fourth-order valence-corrected chi connectivity index (χ4v) is 7.50. The number of carboxylic acid groups (broad SMARTS) is 1. The summed E-state index contributed by atoms with van der Waals surface area (Å²) in [4.78, 5) is 43.6. The fourth-order valence-electron chi connectivity index (χ4n) is 6.41. The number of Topliss-reactive ketones (excluding diaryl/α,β-unsaturated/α-hetero) is 1. The van der Waals surface area contributed by atoms with Gasteiger partial charge >= 0.3 is 12.3 Å². The lowest BCUT2D eigenvalue weighted by Crippen LogP contribution is -2.41. The third-order valence-corrected chi connectivity index (χ3v) is 9.86. The van der Waals surface area contributed by atoms with Gasteiger partial charge in [-0.2, -0.15) is 0 Å². The van der Waals surface area contributed by atoms with Crippen LogP contribution in [-0.2, 0) is 14.3 Å². The Hall–Kier alpha value is -4.17. The van der Waals surface area contributed by atoms with Crippen LogP contribution in [0, 0.1) is 17.8 Å². The molecule has 1 amide bonds. The Kier molecular flexibility index (Phi) is 8.68. The second kappa shape index (κ2) is 12.6. The Morgan fingerprint density at radius 1 is 1.15 bits per heavy atom. The van der Waals surface area contributed by atoms with E-state index in [9.17, 15) is 27.6 Å². The van der Waals surface area contributed by atoms with Gasteiger partial charge in [0.15, 0.2) is 10.9 Å². The molecule has 3 aliphatic rings. The number of aromatic nitrogens is 1. The number of carbonyl (C=O) groups is 3. The fraction of sp³-hybridized carbons (Fsp3) is 0.438. The molecule has 4 atom stereocenters. The van der Waals surface area contributed by atoms with Crippen LogP contribution in [0.1, 0.15) is 48.5 Å². The molecule has 6 rings (SSSR count). The minimum atomic E-state index is -4.92. The Bertz CT molecular complexity index is 1700. The molecule has 2 saturated carbocycles. The van der Waals surface area contributed by atoms with Gasteiger partial charge in [-0.3, -0.25) is 14.4 Å². The van der Waals surface area contributed by atoms with Gasteiger partial charge in [-0.05, 0) is 61.9 Å². The number of para-hydroxylation sites is 1. The first-order valence-corrected chi connectivity index (χ1v) is 15.9. The molecule has 0 bridgehead atoms. The average Bonchev–Trinajstić information content (AvgIpc) is 3.94. The van der Waals surface area contributed by atoms with Crippen LogP contribution in [0.3, 0.4) is 0 Å². The van der Waals surface area contributed by atoms with E-state index in [2.05, 4.69) is 21.9 Å². The second-order valence-corrected chi connectivity index (χ2v) is 12.8. The van der Waals surface area contributed by atoms with Crippen molar-refractivity contribution in [1.82, 2.24) is 10.3 Å². The molecule has 1 aliphatic heterocycles. The number of carboxylic acids is 1. The van der Waals surface area contributed by atoms with E-state index in [1.807, 2.05) is 0 Å². The van der Waals surface area contributed by atoms with Crippen molar-refractivity contribution in [2.24, 2.45) is 23.5 Å². The third-order valence-electron chi connectivity index (χ3n) is 8.80. The van der Waals surface area contributed by atoms with Gasteiger partial charge in [0.1, 0.15) is 12.3 Å². The lowest BCUT2D eigenvalue weighted by Gasteiger charge is -2.34. The SMILES string of the molecule is CCC1C2C(CCN1c1nc3ccc(C(=O)NCC(=O)O)cc3s1)[C@@H]2OCC(C(=O)C1CC1)=C(N)c1ccccc1OC(F)(F)F. The van der Waals surface area contributed by atoms with E-state index in [4.69, 9.17) is 20.6 Å². The molecule has 10 nitrogen and oxygen atoms in total. The highest BCUT2D eigenvalue weighted by atomic mass is 32.1. The van der Waals surface area contributed by atoms with Gasteiger partial charge in [0.25, 0.3) is 5.91 Å². The number of thiazole rings is 1. The summed E-state index contributed by atoms with van der Waals surface area (Å²) in [7, 11) is 0. The number of hydrogen-bond acceptors (Lipinski definition) is 9. The quantitative estimate of drug-likeness (QED) is 0.230. The predicted octanol–water partition coefficient (Wildman–Crippen LogP) is 4.98. The number of fused-ring (bicyclic) bond motifs is 2. The van der Waals surface area contributed by atoms with Crippen molar-refractivity contribution >= 4 is 50.0 Å². The van der Waals surface area contributed by atoms with Crippen LogP contribution in [0.4, 0.5) is 18.3 Å². The Labute approximate surface area is 266 Å². The van der Waals surface area contributed by atoms with E-state index in [0.717, 1.165) is 34.7 Å². The van der Waals surface area contributed by atoms with Crippen molar-refractivity contribution in [3.63, 3.8) is 0 Å². The zero-order valence-electron chi connectivity index (χ0n) is 24.9. The zero-order chi connectivity index (χ0) is 32.7. The van der Waals surface area contributed by atoms with Gasteiger partial charge in [-0.25, -0.2) is 4.98 Å². The third kappa shape index (κ3) is 6.68. The summed E-state index contributed by atoms with van der Waals surface area (Å²) in [6.45, 7) is 2.24. The van der Waals surface area contributed by atoms with Gasteiger partial charge in [0.2, 0.25) is 0 Å². The van der Waals surface area contributed by atoms with E-state index < -0.39 is 30.5 Å². The van der Waals surface area contributed by atoms with Gasteiger partial charge in [0, 0.05) is 41.1 Å². The summed E-state index contributed by atoms with van der Waals surface area (Å²) in [5.74, 6) is -2.06. The van der Waals surface area contributed by atoms with Crippen LogP contribution in [0.5, 0.6) is 5.75 Å². The van der Waals surface area contributed by atoms with Crippen LogP contribution in [-0.4, -0.2) is 66.0 Å². The average molecular weight is 659 g/mol. The van der Waals surface area contributed by atoms with E-state index in [0.29, 0.717) is 18.4 Å². The Morgan fingerprint density at radius 2 is 1.91 bits per heavy atom.